The van der Waals surface area contributed by atoms with Gasteiger partial charge < -0.3 is 4.90 Å². The third-order valence-corrected chi connectivity index (χ3v) is 2.63. The summed E-state index contributed by atoms with van der Waals surface area (Å²) in [5.74, 6) is 0. The number of rotatable bonds is 1. The Labute approximate surface area is 78.2 Å². The molecule has 70 valence electrons. The van der Waals surface area contributed by atoms with Gasteiger partial charge in [-0.05, 0) is 30.2 Å². The minimum Gasteiger partial charge on any atom is -0.302 e. The van der Waals surface area contributed by atoms with E-state index in [0.717, 1.165) is 25.1 Å². The smallest absolute Gasteiger partial charge is 0.115 e. The summed E-state index contributed by atoms with van der Waals surface area (Å²) in [5.41, 5.74) is 3.49. The first-order valence-corrected chi connectivity index (χ1v) is 4.65. The molecule has 1 nitrogen and oxygen atoms in total. The van der Waals surface area contributed by atoms with Crippen molar-refractivity contribution in [3.05, 3.63) is 34.9 Å². The van der Waals surface area contributed by atoms with E-state index in [0.29, 0.717) is 0 Å². The first-order valence-electron chi connectivity index (χ1n) is 4.65. The molecule has 0 fully saturated rings. The SMILES string of the molecule is CN1CCc2cc(CF)ccc2C1. The van der Waals surface area contributed by atoms with E-state index >= 15 is 0 Å². The van der Waals surface area contributed by atoms with E-state index in [1.165, 1.54) is 11.1 Å². The van der Waals surface area contributed by atoms with Gasteiger partial charge >= 0.3 is 0 Å². The van der Waals surface area contributed by atoms with Crippen LogP contribution >= 0.6 is 0 Å². The van der Waals surface area contributed by atoms with Crippen LogP contribution in [0.25, 0.3) is 0 Å². The number of alkyl halides is 1. The molecule has 1 aromatic carbocycles. The monoisotopic (exact) mass is 179 g/mol. The topological polar surface area (TPSA) is 3.24 Å². The molecular weight excluding hydrogens is 165 g/mol. The van der Waals surface area contributed by atoms with Crippen LogP contribution in [0.5, 0.6) is 0 Å². The molecule has 0 aromatic heterocycles. The molecule has 0 N–H and O–H groups in total. The highest BCUT2D eigenvalue weighted by Gasteiger charge is 2.12. The van der Waals surface area contributed by atoms with E-state index in [2.05, 4.69) is 18.0 Å². The molecule has 1 aliphatic heterocycles. The van der Waals surface area contributed by atoms with E-state index in [4.69, 9.17) is 0 Å². The van der Waals surface area contributed by atoms with E-state index < -0.39 is 0 Å². The molecule has 0 saturated carbocycles. The van der Waals surface area contributed by atoms with Crippen molar-refractivity contribution in [2.24, 2.45) is 0 Å². The molecule has 0 atom stereocenters. The summed E-state index contributed by atoms with van der Waals surface area (Å²) in [7, 11) is 2.12. The van der Waals surface area contributed by atoms with Gasteiger partial charge in [0.05, 0.1) is 0 Å². The van der Waals surface area contributed by atoms with Crippen LogP contribution in [0.2, 0.25) is 0 Å². The summed E-state index contributed by atoms with van der Waals surface area (Å²) in [6, 6.07) is 5.94. The molecule has 0 radical (unpaired) electrons. The normalized spacial score (nSPS) is 17.1. The van der Waals surface area contributed by atoms with Gasteiger partial charge in [-0.2, -0.15) is 0 Å². The summed E-state index contributed by atoms with van der Waals surface area (Å²) in [5, 5.41) is 0. The van der Waals surface area contributed by atoms with Crippen molar-refractivity contribution in [2.75, 3.05) is 13.6 Å². The highest BCUT2D eigenvalue weighted by molar-refractivity contribution is 5.33. The predicted molar refractivity (Wildman–Crippen MR) is 51.3 cm³/mol. The highest BCUT2D eigenvalue weighted by Crippen LogP contribution is 2.19. The first-order chi connectivity index (χ1) is 6.29. The molecule has 2 rings (SSSR count). The van der Waals surface area contributed by atoms with Gasteiger partial charge in [0.15, 0.2) is 0 Å². The number of nitrogens with zero attached hydrogens (tertiary/aromatic N) is 1. The lowest BCUT2D eigenvalue weighted by molar-refractivity contribution is 0.312. The second-order valence-corrected chi connectivity index (χ2v) is 3.72. The molecule has 0 bridgehead atoms. The Balaban J connectivity index is 2.31. The number of likely N-dealkylation sites (N-methyl/N-ethyl adjacent to an activating group) is 1. The van der Waals surface area contributed by atoms with Crippen LogP contribution < -0.4 is 0 Å². The second kappa shape index (κ2) is 3.46. The molecule has 1 aliphatic rings. The fourth-order valence-electron chi connectivity index (χ4n) is 1.83. The lowest BCUT2D eigenvalue weighted by Crippen LogP contribution is -2.26. The van der Waals surface area contributed by atoms with Gasteiger partial charge in [-0.3, -0.25) is 0 Å². The predicted octanol–water partition coefficient (Wildman–Crippen LogP) is 2.14. The fourth-order valence-corrected chi connectivity index (χ4v) is 1.83. The van der Waals surface area contributed by atoms with Crippen LogP contribution in [0.15, 0.2) is 18.2 Å². The summed E-state index contributed by atoms with van der Waals surface area (Å²) < 4.78 is 12.4. The van der Waals surface area contributed by atoms with Gasteiger partial charge in [-0.15, -0.1) is 0 Å². The largest absolute Gasteiger partial charge is 0.302 e. The quantitative estimate of drug-likeness (QED) is 0.638. The molecule has 13 heavy (non-hydrogen) atoms. The lowest BCUT2D eigenvalue weighted by atomic mass is 9.98. The Bertz CT molecular complexity index is 309. The molecule has 0 aliphatic carbocycles. The number of benzene rings is 1. The summed E-state index contributed by atoms with van der Waals surface area (Å²) in [6.45, 7) is 1.74. The van der Waals surface area contributed by atoms with Crippen molar-refractivity contribution >= 4 is 0 Å². The number of halogens is 1. The van der Waals surface area contributed by atoms with Gasteiger partial charge in [0.2, 0.25) is 0 Å². The molecule has 0 amide bonds. The molecule has 0 saturated heterocycles. The van der Waals surface area contributed by atoms with Crippen molar-refractivity contribution in [1.82, 2.24) is 4.90 Å². The standard InChI is InChI=1S/C11H14FN/c1-13-5-4-10-6-9(7-12)2-3-11(10)8-13/h2-3,6H,4-5,7-8H2,1H3. The lowest BCUT2D eigenvalue weighted by Gasteiger charge is -2.25. The van der Waals surface area contributed by atoms with Gasteiger partial charge in [-0.25, -0.2) is 4.39 Å². The molecule has 1 heterocycles. The Morgan fingerprint density at radius 1 is 1.38 bits per heavy atom. The maximum Gasteiger partial charge on any atom is 0.115 e. The Morgan fingerprint density at radius 2 is 2.23 bits per heavy atom. The van der Waals surface area contributed by atoms with E-state index in [1.807, 2.05) is 12.1 Å². The molecule has 0 unspecified atom stereocenters. The van der Waals surface area contributed by atoms with Crippen LogP contribution in [0.1, 0.15) is 16.7 Å². The van der Waals surface area contributed by atoms with Gasteiger partial charge in [-0.1, -0.05) is 18.2 Å². The van der Waals surface area contributed by atoms with Crippen LogP contribution in [-0.4, -0.2) is 18.5 Å². The summed E-state index contributed by atoms with van der Waals surface area (Å²) >= 11 is 0. The van der Waals surface area contributed by atoms with Crippen molar-refractivity contribution in [3.63, 3.8) is 0 Å². The van der Waals surface area contributed by atoms with E-state index in [-0.39, 0.29) is 6.67 Å². The van der Waals surface area contributed by atoms with Gasteiger partial charge in [0.1, 0.15) is 6.67 Å². The van der Waals surface area contributed by atoms with Gasteiger partial charge in [0, 0.05) is 13.1 Å². The fraction of sp³-hybridized carbons (Fsp3) is 0.455. The van der Waals surface area contributed by atoms with Crippen molar-refractivity contribution in [1.29, 1.82) is 0 Å². The van der Waals surface area contributed by atoms with Gasteiger partial charge in [0.25, 0.3) is 0 Å². The number of fused-ring (bicyclic) bond motifs is 1. The number of hydrogen-bond donors (Lipinski definition) is 0. The van der Waals surface area contributed by atoms with E-state index in [9.17, 15) is 4.39 Å². The van der Waals surface area contributed by atoms with Crippen molar-refractivity contribution < 1.29 is 4.39 Å². The number of hydrogen-bond acceptors (Lipinski definition) is 1. The Kier molecular flexibility index (Phi) is 2.32. The summed E-state index contributed by atoms with van der Waals surface area (Å²) in [4.78, 5) is 2.29. The van der Waals surface area contributed by atoms with Crippen LogP contribution in [-0.2, 0) is 19.6 Å². The third kappa shape index (κ3) is 1.73. The molecule has 2 heteroatoms. The first kappa shape index (κ1) is 8.70. The summed E-state index contributed by atoms with van der Waals surface area (Å²) in [6.07, 6.45) is 1.06. The minimum absolute atomic E-state index is 0.344. The zero-order chi connectivity index (χ0) is 9.26. The minimum atomic E-state index is -0.344. The van der Waals surface area contributed by atoms with Crippen LogP contribution in [0.3, 0.4) is 0 Å². The Hall–Kier alpha value is -0.890. The molecular formula is C11H14FN. The zero-order valence-corrected chi connectivity index (χ0v) is 7.89. The highest BCUT2D eigenvalue weighted by atomic mass is 19.1. The van der Waals surface area contributed by atoms with Crippen LogP contribution in [0.4, 0.5) is 4.39 Å². The molecule has 1 aromatic rings. The maximum atomic E-state index is 12.4. The van der Waals surface area contributed by atoms with Crippen molar-refractivity contribution in [3.8, 4) is 0 Å². The van der Waals surface area contributed by atoms with E-state index in [1.54, 1.807) is 0 Å². The average molecular weight is 179 g/mol. The molecule has 0 spiro atoms. The third-order valence-electron chi connectivity index (χ3n) is 2.63. The average Bonchev–Trinajstić information content (AvgIpc) is 2.17. The Morgan fingerprint density at radius 3 is 3.00 bits per heavy atom. The zero-order valence-electron chi connectivity index (χ0n) is 7.89. The van der Waals surface area contributed by atoms with Crippen molar-refractivity contribution in [2.45, 2.75) is 19.6 Å². The second-order valence-electron chi connectivity index (χ2n) is 3.72. The maximum absolute atomic E-state index is 12.4. The van der Waals surface area contributed by atoms with Crippen LogP contribution in [0, 0.1) is 0 Å².